The van der Waals surface area contributed by atoms with Crippen molar-refractivity contribution in [1.82, 2.24) is 5.48 Å². The summed E-state index contributed by atoms with van der Waals surface area (Å²) in [6.07, 6.45) is 0. The Labute approximate surface area is 114 Å². The summed E-state index contributed by atoms with van der Waals surface area (Å²) in [4.78, 5) is 16.2. The highest BCUT2D eigenvalue weighted by atomic mass is 32.1. The number of nitrogens with one attached hydrogen (secondary N) is 1. The molecule has 1 amide bonds. The van der Waals surface area contributed by atoms with E-state index in [1.807, 2.05) is 17.5 Å². The van der Waals surface area contributed by atoms with E-state index in [0.29, 0.717) is 12.1 Å². The standard InChI is InChI=1S/C13H13FN2O2S/c14-11-4-3-9(7-16-18-8-13(15)17)6-10(11)12-2-1-5-19-12/h1-6,16H,7-8H2,(H2,15,17). The average Bonchev–Trinajstić information content (AvgIpc) is 2.90. The van der Waals surface area contributed by atoms with Gasteiger partial charge in [0.05, 0.1) is 0 Å². The van der Waals surface area contributed by atoms with Gasteiger partial charge in [-0.3, -0.25) is 9.63 Å². The summed E-state index contributed by atoms with van der Waals surface area (Å²) >= 11 is 1.48. The molecule has 0 aliphatic carbocycles. The first-order valence-electron chi connectivity index (χ1n) is 5.62. The highest BCUT2D eigenvalue weighted by Crippen LogP contribution is 2.28. The van der Waals surface area contributed by atoms with Crippen LogP contribution in [0.15, 0.2) is 35.7 Å². The van der Waals surface area contributed by atoms with E-state index in [-0.39, 0.29) is 12.4 Å². The minimum atomic E-state index is -0.550. The van der Waals surface area contributed by atoms with Crippen molar-refractivity contribution in [2.24, 2.45) is 5.73 Å². The summed E-state index contributed by atoms with van der Waals surface area (Å²) in [6, 6.07) is 8.57. The number of nitrogens with two attached hydrogens (primary N) is 1. The van der Waals surface area contributed by atoms with Crippen LogP contribution in [-0.2, 0) is 16.2 Å². The Morgan fingerprint density at radius 1 is 1.42 bits per heavy atom. The Morgan fingerprint density at radius 3 is 2.95 bits per heavy atom. The maximum absolute atomic E-state index is 13.7. The molecule has 0 spiro atoms. The number of thiophene rings is 1. The van der Waals surface area contributed by atoms with Crippen LogP contribution in [0.4, 0.5) is 4.39 Å². The van der Waals surface area contributed by atoms with Crippen molar-refractivity contribution in [3.05, 3.63) is 47.1 Å². The summed E-state index contributed by atoms with van der Waals surface area (Å²) < 4.78 is 13.7. The molecule has 0 unspecified atom stereocenters. The van der Waals surface area contributed by atoms with Crippen LogP contribution in [0.25, 0.3) is 10.4 Å². The summed E-state index contributed by atoms with van der Waals surface area (Å²) in [5, 5.41) is 1.90. The van der Waals surface area contributed by atoms with Crippen molar-refractivity contribution in [1.29, 1.82) is 0 Å². The quantitative estimate of drug-likeness (QED) is 0.629. The lowest BCUT2D eigenvalue weighted by molar-refractivity contribution is -0.125. The van der Waals surface area contributed by atoms with E-state index in [9.17, 15) is 9.18 Å². The molecule has 0 aliphatic rings. The van der Waals surface area contributed by atoms with Crippen LogP contribution in [0.3, 0.4) is 0 Å². The average molecular weight is 280 g/mol. The van der Waals surface area contributed by atoms with E-state index in [4.69, 9.17) is 10.6 Å². The number of rotatable bonds is 6. The number of primary amides is 1. The summed E-state index contributed by atoms with van der Waals surface area (Å²) in [7, 11) is 0. The second-order valence-electron chi connectivity index (χ2n) is 3.87. The summed E-state index contributed by atoms with van der Waals surface area (Å²) in [5.74, 6) is -0.810. The van der Waals surface area contributed by atoms with Crippen LogP contribution in [0, 0.1) is 5.82 Å². The van der Waals surface area contributed by atoms with Crippen molar-refractivity contribution in [3.63, 3.8) is 0 Å². The number of halogens is 1. The van der Waals surface area contributed by atoms with Gasteiger partial charge in [-0.05, 0) is 29.1 Å². The van der Waals surface area contributed by atoms with Gasteiger partial charge < -0.3 is 5.73 Å². The first kappa shape index (κ1) is 13.7. The maximum Gasteiger partial charge on any atom is 0.245 e. The van der Waals surface area contributed by atoms with Crippen LogP contribution >= 0.6 is 11.3 Å². The first-order chi connectivity index (χ1) is 9.16. The highest BCUT2D eigenvalue weighted by molar-refractivity contribution is 7.13. The molecule has 3 N–H and O–H groups in total. The fraction of sp³-hybridized carbons (Fsp3) is 0.154. The number of carbonyl (C=O) groups excluding carboxylic acids is 1. The van der Waals surface area contributed by atoms with Gasteiger partial charge in [0.2, 0.25) is 5.91 Å². The second-order valence-corrected chi connectivity index (χ2v) is 4.82. The van der Waals surface area contributed by atoms with Gasteiger partial charge in [0.1, 0.15) is 12.4 Å². The molecule has 1 aromatic heterocycles. The van der Waals surface area contributed by atoms with Gasteiger partial charge >= 0.3 is 0 Å². The van der Waals surface area contributed by atoms with Crippen LogP contribution in [0.5, 0.6) is 0 Å². The van der Waals surface area contributed by atoms with Crippen molar-refractivity contribution >= 4 is 17.2 Å². The van der Waals surface area contributed by atoms with E-state index in [2.05, 4.69) is 5.48 Å². The predicted octanol–water partition coefficient (Wildman–Crippen LogP) is 2.06. The van der Waals surface area contributed by atoms with Crippen molar-refractivity contribution in [2.75, 3.05) is 6.61 Å². The Kier molecular flexibility index (Phi) is 4.62. The topological polar surface area (TPSA) is 64.4 Å². The molecule has 1 aromatic carbocycles. The van der Waals surface area contributed by atoms with Crippen LogP contribution in [-0.4, -0.2) is 12.5 Å². The van der Waals surface area contributed by atoms with E-state index in [1.54, 1.807) is 12.1 Å². The van der Waals surface area contributed by atoms with Gasteiger partial charge in [0.15, 0.2) is 0 Å². The fourth-order valence-electron chi connectivity index (χ4n) is 1.56. The zero-order chi connectivity index (χ0) is 13.7. The zero-order valence-corrected chi connectivity index (χ0v) is 10.9. The molecule has 2 rings (SSSR count). The molecule has 1 heterocycles. The largest absolute Gasteiger partial charge is 0.368 e. The number of hydrogen-bond acceptors (Lipinski definition) is 4. The normalized spacial score (nSPS) is 10.6. The number of carbonyl (C=O) groups is 1. The maximum atomic E-state index is 13.7. The molecule has 2 aromatic rings. The SMILES string of the molecule is NC(=O)CONCc1ccc(F)c(-c2cccs2)c1. The smallest absolute Gasteiger partial charge is 0.245 e. The molecule has 0 saturated heterocycles. The van der Waals surface area contributed by atoms with E-state index >= 15 is 0 Å². The third-order valence-electron chi connectivity index (χ3n) is 2.41. The van der Waals surface area contributed by atoms with E-state index < -0.39 is 5.91 Å². The molecule has 100 valence electrons. The lowest BCUT2D eigenvalue weighted by atomic mass is 10.1. The highest BCUT2D eigenvalue weighted by Gasteiger charge is 2.07. The Morgan fingerprint density at radius 2 is 2.26 bits per heavy atom. The van der Waals surface area contributed by atoms with Crippen LogP contribution in [0.1, 0.15) is 5.56 Å². The second kappa shape index (κ2) is 6.42. The van der Waals surface area contributed by atoms with E-state index in [0.717, 1.165) is 10.4 Å². The molecule has 6 heteroatoms. The minimum Gasteiger partial charge on any atom is -0.368 e. The van der Waals surface area contributed by atoms with Crippen molar-refractivity contribution in [2.45, 2.75) is 6.54 Å². The molecular formula is C13H13FN2O2S. The Bertz CT molecular complexity index is 558. The van der Waals surface area contributed by atoms with Crippen LogP contribution < -0.4 is 11.2 Å². The third kappa shape index (κ3) is 3.85. The number of amides is 1. The van der Waals surface area contributed by atoms with E-state index in [1.165, 1.54) is 17.4 Å². The minimum absolute atomic E-state index is 0.195. The molecule has 0 bridgehead atoms. The molecule has 0 radical (unpaired) electrons. The van der Waals surface area contributed by atoms with Gasteiger partial charge in [-0.25, -0.2) is 4.39 Å². The summed E-state index contributed by atoms with van der Waals surface area (Å²) in [5.41, 5.74) is 8.95. The van der Waals surface area contributed by atoms with Crippen molar-refractivity contribution in [3.8, 4) is 10.4 Å². The molecule has 0 fully saturated rings. The molecule has 4 nitrogen and oxygen atoms in total. The van der Waals surface area contributed by atoms with Crippen molar-refractivity contribution < 1.29 is 14.0 Å². The predicted molar refractivity (Wildman–Crippen MR) is 71.7 cm³/mol. The summed E-state index contributed by atoms with van der Waals surface area (Å²) in [6.45, 7) is 0.172. The molecule has 0 aliphatic heterocycles. The lowest BCUT2D eigenvalue weighted by Gasteiger charge is -2.07. The monoisotopic (exact) mass is 280 g/mol. The van der Waals surface area contributed by atoms with Gasteiger partial charge in [0.25, 0.3) is 0 Å². The van der Waals surface area contributed by atoms with Gasteiger partial charge in [-0.1, -0.05) is 12.1 Å². The van der Waals surface area contributed by atoms with Gasteiger partial charge in [-0.2, -0.15) is 5.48 Å². The Balaban J connectivity index is 2.03. The molecule has 0 saturated carbocycles. The lowest BCUT2D eigenvalue weighted by Crippen LogP contribution is -2.24. The molecule has 19 heavy (non-hydrogen) atoms. The molecule has 0 atom stereocenters. The Hall–Kier alpha value is -1.76. The van der Waals surface area contributed by atoms with Gasteiger partial charge in [0, 0.05) is 17.0 Å². The fourth-order valence-corrected chi connectivity index (χ4v) is 2.30. The third-order valence-corrected chi connectivity index (χ3v) is 3.31. The first-order valence-corrected chi connectivity index (χ1v) is 6.50. The number of hydroxylamine groups is 1. The zero-order valence-electron chi connectivity index (χ0n) is 10.1. The van der Waals surface area contributed by atoms with Gasteiger partial charge in [-0.15, -0.1) is 11.3 Å². The van der Waals surface area contributed by atoms with Crippen LogP contribution in [0.2, 0.25) is 0 Å². The number of hydrogen-bond donors (Lipinski definition) is 2. The molecular weight excluding hydrogens is 267 g/mol. The number of benzene rings is 1.